The number of ether oxygens (including phenoxy) is 1. The molecule has 0 radical (unpaired) electrons. The number of nitrogens with zero attached hydrogens (tertiary/aromatic N) is 2. The van der Waals surface area contributed by atoms with Crippen molar-refractivity contribution in [2.75, 3.05) is 7.11 Å². The van der Waals surface area contributed by atoms with E-state index in [2.05, 4.69) is 15.5 Å². The number of nitrogens with one attached hydrogen (secondary N) is 1. The highest BCUT2D eigenvalue weighted by molar-refractivity contribution is 8.15. The molecule has 1 atom stereocenters. The molecule has 0 bridgehead atoms. The molecule has 1 aliphatic heterocycles. The fourth-order valence-electron chi connectivity index (χ4n) is 2.69. The highest BCUT2D eigenvalue weighted by atomic mass is 32.2. The van der Waals surface area contributed by atoms with Gasteiger partial charge in [0.25, 0.3) is 0 Å². The first-order valence-electron chi connectivity index (χ1n) is 8.66. The first kappa shape index (κ1) is 20.9. The minimum atomic E-state index is -4.42. The van der Waals surface area contributed by atoms with Gasteiger partial charge in [0.15, 0.2) is 5.17 Å². The van der Waals surface area contributed by atoms with Crippen LogP contribution in [0, 0.1) is 0 Å². The zero-order valence-corrected chi connectivity index (χ0v) is 16.5. The number of amides is 1. The summed E-state index contributed by atoms with van der Waals surface area (Å²) in [5.41, 5.74) is 1.21. The summed E-state index contributed by atoms with van der Waals surface area (Å²) in [4.78, 5) is 12.2. The summed E-state index contributed by atoms with van der Waals surface area (Å²) in [6.07, 6.45) is -4.25. The predicted molar refractivity (Wildman–Crippen MR) is 107 cm³/mol. The van der Waals surface area contributed by atoms with Gasteiger partial charge in [0.2, 0.25) is 5.91 Å². The second-order valence-corrected chi connectivity index (χ2v) is 7.51. The topological polar surface area (TPSA) is 63.1 Å². The van der Waals surface area contributed by atoms with Crippen molar-refractivity contribution in [1.82, 2.24) is 5.32 Å². The number of halogens is 3. The van der Waals surface area contributed by atoms with Crippen LogP contribution in [0.3, 0.4) is 0 Å². The summed E-state index contributed by atoms with van der Waals surface area (Å²) in [7, 11) is 1.58. The Morgan fingerprint density at radius 1 is 1.21 bits per heavy atom. The van der Waals surface area contributed by atoms with Crippen LogP contribution in [0.2, 0.25) is 0 Å². The zero-order chi connectivity index (χ0) is 21.0. The molecule has 1 fully saturated rings. The molecular formula is C20H18F3N3O2S. The molecular weight excluding hydrogens is 403 g/mol. The molecule has 0 spiro atoms. The maximum absolute atomic E-state index is 12.9. The fourth-order valence-corrected chi connectivity index (χ4v) is 3.64. The van der Waals surface area contributed by atoms with Crippen molar-refractivity contribution in [3.05, 3.63) is 65.2 Å². The monoisotopic (exact) mass is 421 g/mol. The molecule has 29 heavy (non-hydrogen) atoms. The van der Waals surface area contributed by atoms with Gasteiger partial charge < -0.3 is 10.1 Å². The Hall–Kier alpha value is -2.81. The number of thioether (sulfide) groups is 1. The van der Waals surface area contributed by atoms with Gasteiger partial charge in [-0.1, -0.05) is 30.0 Å². The van der Waals surface area contributed by atoms with E-state index in [-0.39, 0.29) is 12.3 Å². The van der Waals surface area contributed by atoms with Gasteiger partial charge in [0.1, 0.15) is 5.75 Å². The Labute approximate surface area is 170 Å². The van der Waals surface area contributed by atoms with Crippen LogP contribution in [-0.4, -0.2) is 29.1 Å². The van der Waals surface area contributed by atoms with E-state index in [1.807, 2.05) is 12.1 Å². The van der Waals surface area contributed by atoms with E-state index < -0.39 is 17.0 Å². The zero-order valence-electron chi connectivity index (χ0n) is 15.7. The SMILES string of the molecule is COc1ccc(/C(C)=N/N=C2/NC(=O)[C@H](Cc3cccc(C(F)(F)F)c3)S2)cc1. The van der Waals surface area contributed by atoms with Gasteiger partial charge in [0.05, 0.1) is 23.6 Å². The number of hydrogen-bond donors (Lipinski definition) is 1. The molecule has 1 aliphatic rings. The highest BCUT2D eigenvalue weighted by Gasteiger charge is 2.33. The molecule has 1 amide bonds. The number of carbonyl (C=O) groups is 1. The minimum Gasteiger partial charge on any atom is -0.497 e. The lowest BCUT2D eigenvalue weighted by molar-refractivity contribution is -0.137. The van der Waals surface area contributed by atoms with Crippen molar-refractivity contribution < 1.29 is 22.7 Å². The van der Waals surface area contributed by atoms with Crippen LogP contribution in [0.5, 0.6) is 5.75 Å². The Bertz CT molecular complexity index is 956. The predicted octanol–water partition coefficient (Wildman–Crippen LogP) is 4.27. The van der Waals surface area contributed by atoms with Crippen LogP contribution >= 0.6 is 11.8 Å². The van der Waals surface area contributed by atoms with Crippen LogP contribution in [0.25, 0.3) is 0 Å². The molecule has 1 N–H and O–H groups in total. The molecule has 3 rings (SSSR count). The number of carbonyl (C=O) groups excluding carboxylic acids is 1. The second kappa shape index (κ2) is 8.69. The summed E-state index contributed by atoms with van der Waals surface area (Å²) < 4.78 is 43.7. The smallest absolute Gasteiger partial charge is 0.416 e. The Kier molecular flexibility index (Phi) is 6.26. The third-order valence-electron chi connectivity index (χ3n) is 4.25. The van der Waals surface area contributed by atoms with Crippen LogP contribution in [-0.2, 0) is 17.4 Å². The summed E-state index contributed by atoms with van der Waals surface area (Å²) in [5.74, 6) is 0.423. The van der Waals surface area contributed by atoms with Crippen LogP contribution < -0.4 is 10.1 Å². The third kappa shape index (κ3) is 5.38. The lowest BCUT2D eigenvalue weighted by Crippen LogP contribution is -2.26. The number of hydrogen-bond acceptors (Lipinski definition) is 5. The second-order valence-electron chi connectivity index (χ2n) is 6.32. The van der Waals surface area contributed by atoms with Gasteiger partial charge in [-0.3, -0.25) is 4.79 Å². The van der Waals surface area contributed by atoms with Crippen molar-refractivity contribution in [2.24, 2.45) is 10.2 Å². The van der Waals surface area contributed by atoms with E-state index in [4.69, 9.17) is 4.74 Å². The Morgan fingerprint density at radius 2 is 1.93 bits per heavy atom. The first-order valence-corrected chi connectivity index (χ1v) is 9.54. The maximum Gasteiger partial charge on any atom is 0.416 e. The molecule has 0 saturated carbocycles. The fraction of sp³-hybridized carbons (Fsp3) is 0.250. The van der Waals surface area contributed by atoms with Crippen LogP contribution in [0.1, 0.15) is 23.6 Å². The summed E-state index contributed by atoms with van der Waals surface area (Å²) in [6.45, 7) is 1.79. The number of methoxy groups -OCH3 is 1. The largest absolute Gasteiger partial charge is 0.497 e. The molecule has 2 aromatic rings. The van der Waals surface area contributed by atoms with E-state index in [1.165, 1.54) is 6.07 Å². The molecule has 152 valence electrons. The quantitative estimate of drug-likeness (QED) is 0.579. The lowest BCUT2D eigenvalue weighted by atomic mass is 10.1. The van der Waals surface area contributed by atoms with E-state index in [0.717, 1.165) is 35.2 Å². The minimum absolute atomic E-state index is 0.167. The Morgan fingerprint density at radius 3 is 2.59 bits per heavy atom. The van der Waals surface area contributed by atoms with Crippen molar-refractivity contribution in [3.8, 4) is 5.75 Å². The number of benzene rings is 2. The molecule has 0 unspecified atom stereocenters. The van der Waals surface area contributed by atoms with Gasteiger partial charge >= 0.3 is 6.18 Å². The van der Waals surface area contributed by atoms with Gasteiger partial charge in [-0.2, -0.15) is 18.3 Å². The first-order chi connectivity index (χ1) is 13.8. The number of alkyl halides is 3. The van der Waals surface area contributed by atoms with Crippen molar-refractivity contribution in [3.63, 3.8) is 0 Å². The third-order valence-corrected chi connectivity index (χ3v) is 5.32. The van der Waals surface area contributed by atoms with Crippen molar-refractivity contribution in [2.45, 2.75) is 24.8 Å². The average molecular weight is 421 g/mol. The normalized spacial score (nSPS) is 18.8. The summed E-state index contributed by atoms with van der Waals surface area (Å²) >= 11 is 1.15. The van der Waals surface area contributed by atoms with Gasteiger partial charge in [0, 0.05) is 0 Å². The summed E-state index contributed by atoms with van der Waals surface area (Å²) in [6, 6.07) is 12.3. The standard InChI is InChI=1S/C20H18F3N3O2S/c1-12(14-6-8-16(28-2)9-7-14)25-26-19-24-18(27)17(29-19)11-13-4-3-5-15(10-13)20(21,22)23/h3-10,17H,11H2,1-2H3,(H,24,26,27)/b25-12+/t17-/m0/s1. The highest BCUT2D eigenvalue weighted by Crippen LogP contribution is 2.31. The van der Waals surface area contributed by atoms with E-state index in [9.17, 15) is 18.0 Å². The number of amidine groups is 1. The molecule has 5 nitrogen and oxygen atoms in total. The van der Waals surface area contributed by atoms with Crippen LogP contribution in [0.4, 0.5) is 13.2 Å². The maximum atomic E-state index is 12.9. The van der Waals surface area contributed by atoms with Gasteiger partial charge in [-0.05, 0) is 54.8 Å². The Balaban J connectivity index is 1.68. The van der Waals surface area contributed by atoms with Crippen LogP contribution in [0.15, 0.2) is 58.7 Å². The van der Waals surface area contributed by atoms with E-state index in [0.29, 0.717) is 16.4 Å². The van der Waals surface area contributed by atoms with E-state index in [1.54, 1.807) is 32.2 Å². The van der Waals surface area contributed by atoms with Crippen molar-refractivity contribution in [1.29, 1.82) is 0 Å². The molecule has 2 aromatic carbocycles. The lowest BCUT2D eigenvalue weighted by Gasteiger charge is -2.10. The molecule has 0 aliphatic carbocycles. The molecule has 0 aromatic heterocycles. The summed E-state index contributed by atoms with van der Waals surface area (Å²) in [5, 5.41) is 10.6. The molecule has 1 heterocycles. The van der Waals surface area contributed by atoms with Crippen molar-refractivity contribution >= 4 is 28.5 Å². The van der Waals surface area contributed by atoms with E-state index >= 15 is 0 Å². The average Bonchev–Trinajstić information content (AvgIpc) is 3.05. The molecule has 1 saturated heterocycles. The van der Waals surface area contributed by atoms with Gasteiger partial charge in [-0.15, -0.1) is 5.10 Å². The van der Waals surface area contributed by atoms with Gasteiger partial charge in [-0.25, -0.2) is 0 Å². The molecule has 9 heteroatoms. The number of rotatable bonds is 5.